The van der Waals surface area contributed by atoms with Gasteiger partial charge in [-0.25, -0.2) is 0 Å². The smallest absolute Gasteiger partial charge is 0.252 e. The van der Waals surface area contributed by atoms with Crippen molar-refractivity contribution in [1.29, 1.82) is 0 Å². The molecule has 0 aliphatic carbocycles. The molecule has 1 saturated heterocycles. The molecule has 0 atom stereocenters. The summed E-state index contributed by atoms with van der Waals surface area (Å²) in [6, 6.07) is 13.1. The minimum Gasteiger partial charge on any atom is -0.497 e. The van der Waals surface area contributed by atoms with Crippen LogP contribution in [-0.4, -0.2) is 57.2 Å². The van der Waals surface area contributed by atoms with Crippen molar-refractivity contribution in [3.8, 4) is 5.75 Å². The molecule has 0 bridgehead atoms. The van der Waals surface area contributed by atoms with Crippen molar-refractivity contribution >= 4 is 34.8 Å². The fourth-order valence-corrected chi connectivity index (χ4v) is 3.67. The molecule has 0 unspecified atom stereocenters. The maximum Gasteiger partial charge on any atom is 0.252 e. The zero-order valence-corrected chi connectivity index (χ0v) is 17.5. The summed E-state index contributed by atoms with van der Waals surface area (Å²) < 4.78 is 5.22. The van der Waals surface area contributed by atoms with Crippen molar-refractivity contribution < 1.29 is 9.53 Å². The quantitative estimate of drug-likeness (QED) is 0.687. The predicted molar refractivity (Wildman–Crippen MR) is 115 cm³/mol. The highest BCUT2D eigenvalue weighted by atomic mass is 35.5. The van der Waals surface area contributed by atoms with Crippen LogP contribution in [0.2, 0.25) is 10.0 Å². The maximum absolute atomic E-state index is 12.2. The normalized spacial score (nSPS) is 14.8. The summed E-state index contributed by atoms with van der Waals surface area (Å²) in [6.07, 6.45) is 0.895. The third kappa shape index (κ3) is 5.53. The van der Waals surface area contributed by atoms with Crippen molar-refractivity contribution in [2.24, 2.45) is 0 Å². The van der Waals surface area contributed by atoms with E-state index in [4.69, 9.17) is 27.9 Å². The number of amides is 1. The van der Waals surface area contributed by atoms with Crippen molar-refractivity contribution in [3.05, 3.63) is 58.1 Å². The van der Waals surface area contributed by atoms with Gasteiger partial charge in [0.05, 0.1) is 17.7 Å². The van der Waals surface area contributed by atoms with Crippen molar-refractivity contribution in [2.45, 2.75) is 6.42 Å². The Bertz CT molecular complexity index is 791. The number of hydrogen-bond donors (Lipinski definition) is 1. The average molecular weight is 422 g/mol. The average Bonchev–Trinajstić information content (AvgIpc) is 2.73. The van der Waals surface area contributed by atoms with E-state index in [0.29, 0.717) is 22.2 Å². The maximum atomic E-state index is 12.2. The highest BCUT2D eigenvalue weighted by molar-refractivity contribution is 6.35. The summed E-state index contributed by atoms with van der Waals surface area (Å²) in [7, 11) is 1.68. The Kier molecular flexibility index (Phi) is 7.43. The summed E-state index contributed by atoms with van der Waals surface area (Å²) in [4.78, 5) is 17.0. The second kappa shape index (κ2) is 10.0. The third-order valence-corrected chi connectivity index (χ3v) is 5.48. The Hall–Kier alpha value is -1.95. The van der Waals surface area contributed by atoms with Crippen LogP contribution in [0.5, 0.6) is 5.75 Å². The van der Waals surface area contributed by atoms with Crippen molar-refractivity contribution in [3.63, 3.8) is 0 Å². The fraction of sp³-hybridized carbons (Fsp3) is 0.381. The van der Waals surface area contributed by atoms with E-state index in [2.05, 4.69) is 27.2 Å². The Balaban J connectivity index is 1.37. The van der Waals surface area contributed by atoms with E-state index in [-0.39, 0.29) is 5.91 Å². The molecule has 1 fully saturated rings. The molecule has 0 radical (unpaired) electrons. The van der Waals surface area contributed by atoms with Gasteiger partial charge in [0.1, 0.15) is 5.75 Å². The number of benzene rings is 2. The zero-order chi connectivity index (χ0) is 19.9. The lowest BCUT2D eigenvalue weighted by Gasteiger charge is -2.36. The van der Waals surface area contributed by atoms with Gasteiger partial charge in [0, 0.05) is 43.4 Å². The van der Waals surface area contributed by atoms with E-state index in [0.717, 1.165) is 44.9 Å². The van der Waals surface area contributed by atoms with Gasteiger partial charge in [0.2, 0.25) is 0 Å². The van der Waals surface area contributed by atoms with Gasteiger partial charge in [-0.05, 0) is 55.4 Å². The van der Waals surface area contributed by atoms with Crippen LogP contribution in [0.4, 0.5) is 5.69 Å². The monoisotopic (exact) mass is 421 g/mol. The van der Waals surface area contributed by atoms with Crippen LogP contribution in [0.3, 0.4) is 0 Å². The van der Waals surface area contributed by atoms with Gasteiger partial charge in [-0.15, -0.1) is 0 Å². The van der Waals surface area contributed by atoms with Gasteiger partial charge < -0.3 is 15.0 Å². The number of anilines is 1. The predicted octanol–water partition coefficient (Wildman–Crippen LogP) is 3.94. The molecule has 150 valence electrons. The van der Waals surface area contributed by atoms with Crippen LogP contribution >= 0.6 is 23.2 Å². The summed E-state index contributed by atoms with van der Waals surface area (Å²) in [6.45, 7) is 5.59. The number of methoxy groups -OCH3 is 1. The number of halogens is 2. The Morgan fingerprint density at radius 3 is 2.46 bits per heavy atom. The number of ether oxygens (including phenoxy) is 1. The number of hydrogen-bond acceptors (Lipinski definition) is 4. The first-order chi connectivity index (χ1) is 13.6. The van der Waals surface area contributed by atoms with Crippen LogP contribution < -0.4 is 15.0 Å². The number of carbonyl (C=O) groups is 1. The largest absolute Gasteiger partial charge is 0.497 e. The molecule has 3 rings (SSSR count). The lowest BCUT2D eigenvalue weighted by atomic mass is 10.2. The molecule has 0 spiro atoms. The van der Waals surface area contributed by atoms with E-state index in [1.165, 1.54) is 5.69 Å². The zero-order valence-electron chi connectivity index (χ0n) is 16.0. The summed E-state index contributed by atoms with van der Waals surface area (Å²) in [5.41, 5.74) is 1.65. The number of carbonyl (C=O) groups excluding carboxylic acids is 1. The molecule has 2 aromatic carbocycles. The summed E-state index contributed by atoms with van der Waals surface area (Å²) >= 11 is 12.0. The van der Waals surface area contributed by atoms with Crippen LogP contribution in [0.25, 0.3) is 0 Å². The lowest BCUT2D eigenvalue weighted by Crippen LogP contribution is -2.47. The molecule has 1 heterocycles. The molecule has 1 aliphatic heterocycles. The molecule has 0 aromatic heterocycles. The van der Waals surface area contributed by atoms with Crippen LogP contribution in [0.1, 0.15) is 16.8 Å². The van der Waals surface area contributed by atoms with Crippen molar-refractivity contribution in [1.82, 2.24) is 10.2 Å². The van der Waals surface area contributed by atoms with Gasteiger partial charge in [-0.1, -0.05) is 23.2 Å². The Morgan fingerprint density at radius 2 is 1.79 bits per heavy atom. The van der Waals surface area contributed by atoms with Gasteiger partial charge in [0.15, 0.2) is 0 Å². The first-order valence-electron chi connectivity index (χ1n) is 9.41. The number of nitrogens with one attached hydrogen (secondary N) is 1. The lowest BCUT2D eigenvalue weighted by molar-refractivity contribution is 0.0951. The van der Waals surface area contributed by atoms with E-state index >= 15 is 0 Å². The highest BCUT2D eigenvalue weighted by Crippen LogP contribution is 2.21. The van der Waals surface area contributed by atoms with E-state index in [9.17, 15) is 4.79 Å². The number of rotatable bonds is 7. The first-order valence-corrected chi connectivity index (χ1v) is 10.2. The standard InChI is InChI=1S/C21H25Cl2N3O2/c1-28-18-6-4-17(5-7-18)26-13-11-25(12-14-26)10-2-9-24-21(27)19-15-16(22)3-8-20(19)23/h3-8,15H,2,9-14H2,1H3,(H,24,27). The molecule has 5 nitrogen and oxygen atoms in total. The molecular formula is C21H25Cl2N3O2. The molecule has 1 aliphatic rings. The van der Waals surface area contributed by atoms with Gasteiger partial charge in [-0.3, -0.25) is 9.69 Å². The fourth-order valence-electron chi connectivity index (χ4n) is 3.29. The van der Waals surface area contributed by atoms with Gasteiger partial charge in [-0.2, -0.15) is 0 Å². The molecular weight excluding hydrogens is 397 g/mol. The first kappa shape index (κ1) is 20.8. The summed E-state index contributed by atoms with van der Waals surface area (Å²) in [5.74, 6) is 0.695. The second-order valence-corrected chi connectivity index (χ2v) is 7.60. The molecule has 7 heteroatoms. The van der Waals surface area contributed by atoms with Crippen LogP contribution in [0.15, 0.2) is 42.5 Å². The number of nitrogens with zero attached hydrogens (tertiary/aromatic N) is 2. The summed E-state index contributed by atoms with van der Waals surface area (Å²) in [5, 5.41) is 3.84. The Morgan fingerprint density at radius 1 is 1.07 bits per heavy atom. The number of piperazine rings is 1. The molecule has 2 aromatic rings. The van der Waals surface area contributed by atoms with Crippen LogP contribution in [-0.2, 0) is 0 Å². The minimum absolute atomic E-state index is 0.183. The minimum atomic E-state index is -0.183. The molecule has 28 heavy (non-hydrogen) atoms. The topological polar surface area (TPSA) is 44.8 Å². The molecule has 1 amide bonds. The van der Waals surface area contributed by atoms with E-state index < -0.39 is 0 Å². The van der Waals surface area contributed by atoms with E-state index in [1.54, 1.807) is 25.3 Å². The van der Waals surface area contributed by atoms with Crippen molar-refractivity contribution in [2.75, 3.05) is 51.3 Å². The molecule has 1 N–H and O–H groups in total. The van der Waals surface area contributed by atoms with Gasteiger partial charge >= 0.3 is 0 Å². The van der Waals surface area contributed by atoms with Crippen LogP contribution in [0, 0.1) is 0 Å². The van der Waals surface area contributed by atoms with Gasteiger partial charge in [0.25, 0.3) is 5.91 Å². The second-order valence-electron chi connectivity index (χ2n) is 6.76. The highest BCUT2D eigenvalue weighted by Gasteiger charge is 2.17. The Labute approximate surface area is 176 Å². The third-order valence-electron chi connectivity index (χ3n) is 4.92. The SMILES string of the molecule is COc1ccc(N2CCN(CCCNC(=O)c3cc(Cl)ccc3Cl)CC2)cc1. The van der Waals surface area contributed by atoms with E-state index in [1.807, 2.05) is 12.1 Å². The molecule has 0 saturated carbocycles.